The summed E-state index contributed by atoms with van der Waals surface area (Å²) in [6.07, 6.45) is 7.32. The zero-order valence-electron chi connectivity index (χ0n) is 25.0. The van der Waals surface area contributed by atoms with Gasteiger partial charge in [0.15, 0.2) is 0 Å². The van der Waals surface area contributed by atoms with Gasteiger partial charge in [-0.05, 0) is 81.7 Å². The van der Waals surface area contributed by atoms with Gasteiger partial charge in [-0.2, -0.15) is 0 Å². The largest absolute Gasteiger partial charge is 0.278 e. The highest BCUT2D eigenvalue weighted by Gasteiger charge is 2.19. The van der Waals surface area contributed by atoms with Crippen LogP contribution >= 0.6 is 0 Å². The van der Waals surface area contributed by atoms with E-state index in [1.54, 1.807) is 12.4 Å². The zero-order valence-corrected chi connectivity index (χ0v) is 25.0. The van der Waals surface area contributed by atoms with Crippen LogP contribution in [0.2, 0.25) is 0 Å². The molecule has 0 saturated heterocycles. The number of nitrogens with zero attached hydrogens (tertiary/aromatic N) is 6. The molecule has 0 aliphatic carbocycles. The lowest BCUT2D eigenvalue weighted by molar-refractivity contribution is 1.06. The van der Waals surface area contributed by atoms with E-state index in [1.807, 2.05) is 73.1 Å². The van der Waals surface area contributed by atoms with E-state index in [2.05, 4.69) is 75.1 Å². The molecule has 218 valence electrons. The third kappa shape index (κ3) is 4.26. The molecule has 6 nitrogen and oxygen atoms in total. The molecule has 5 aromatic heterocycles. The summed E-state index contributed by atoms with van der Waals surface area (Å²) in [4.78, 5) is 23.2. The molecule has 47 heavy (non-hydrogen) atoms. The van der Waals surface area contributed by atoms with Gasteiger partial charge in [0.1, 0.15) is 11.5 Å². The standard InChI is InChI=1S/C41H24N6/c1-42-40-32-12-4-2-10-30(32)39(31-11-3-5-13-33(31)40)36-24-28(23-35(46-36)26-18-21-43-22-19-26)27-16-17-38(45-25-27)47-37-15-7-6-9-29(37)34-14-8-20-44-41(34)47/h2-25H. The van der Waals surface area contributed by atoms with E-state index >= 15 is 0 Å². The molecule has 0 saturated carbocycles. The van der Waals surface area contributed by atoms with Gasteiger partial charge in [0.25, 0.3) is 0 Å². The Kier molecular flexibility index (Phi) is 6.09. The Morgan fingerprint density at radius 2 is 1.19 bits per heavy atom. The average molecular weight is 601 g/mol. The van der Waals surface area contributed by atoms with E-state index in [-0.39, 0.29) is 0 Å². The first-order valence-corrected chi connectivity index (χ1v) is 15.3. The predicted octanol–water partition coefficient (Wildman–Crippen LogP) is 10.2. The van der Waals surface area contributed by atoms with Crippen LogP contribution in [0.5, 0.6) is 0 Å². The van der Waals surface area contributed by atoms with Crippen LogP contribution in [0.15, 0.2) is 146 Å². The molecule has 9 rings (SSSR count). The molecule has 0 bridgehead atoms. The minimum atomic E-state index is 0.657. The van der Waals surface area contributed by atoms with Crippen molar-refractivity contribution in [2.75, 3.05) is 0 Å². The maximum Gasteiger partial charge on any atom is 0.202 e. The van der Waals surface area contributed by atoms with E-state index in [9.17, 15) is 0 Å². The first-order chi connectivity index (χ1) is 23.3. The molecule has 0 unspecified atom stereocenters. The van der Waals surface area contributed by atoms with Crippen molar-refractivity contribution in [2.24, 2.45) is 0 Å². The summed E-state index contributed by atoms with van der Waals surface area (Å²) < 4.78 is 2.12. The smallest absolute Gasteiger partial charge is 0.202 e. The highest BCUT2D eigenvalue weighted by atomic mass is 15.1. The number of fused-ring (bicyclic) bond motifs is 5. The Hall–Kier alpha value is -6.71. The molecule has 4 aromatic carbocycles. The zero-order chi connectivity index (χ0) is 31.3. The molecule has 0 fully saturated rings. The quantitative estimate of drug-likeness (QED) is 0.149. The lowest BCUT2D eigenvalue weighted by Gasteiger charge is -2.16. The van der Waals surface area contributed by atoms with Crippen molar-refractivity contribution in [2.45, 2.75) is 0 Å². The predicted molar refractivity (Wildman–Crippen MR) is 190 cm³/mol. The van der Waals surface area contributed by atoms with Gasteiger partial charge < -0.3 is 0 Å². The summed E-state index contributed by atoms with van der Waals surface area (Å²) in [5.74, 6) is 0.800. The van der Waals surface area contributed by atoms with Crippen LogP contribution in [-0.4, -0.2) is 24.5 Å². The molecule has 0 spiro atoms. The Balaban J connectivity index is 1.27. The Morgan fingerprint density at radius 1 is 0.532 bits per heavy atom. The molecule has 5 heterocycles. The summed E-state index contributed by atoms with van der Waals surface area (Å²) >= 11 is 0. The lowest BCUT2D eigenvalue weighted by Crippen LogP contribution is -1.98. The number of aromatic nitrogens is 5. The Bertz CT molecular complexity index is 2580. The first-order valence-electron chi connectivity index (χ1n) is 15.3. The maximum atomic E-state index is 8.02. The van der Waals surface area contributed by atoms with Gasteiger partial charge in [-0.3, -0.25) is 9.55 Å². The molecule has 9 aromatic rings. The van der Waals surface area contributed by atoms with Gasteiger partial charge in [0.05, 0.1) is 23.5 Å². The Morgan fingerprint density at radius 3 is 1.89 bits per heavy atom. The van der Waals surface area contributed by atoms with Crippen LogP contribution in [0.25, 0.3) is 87.8 Å². The molecule has 0 radical (unpaired) electrons. The monoisotopic (exact) mass is 600 g/mol. The SMILES string of the molecule is [C-]#[N+]c1c2ccccc2c(-c2cc(-c3ccc(-n4c5ccccc5c5cccnc54)nc3)cc(-c3ccncc3)n2)c2ccccc12. The molecule has 0 atom stereocenters. The topological polar surface area (TPSA) is 60.9 Å². The van der Waals surface area contributed by atoms with Gasteiger partial charge >= 0.3 is 0 Å². The van der Waals surface area contributed by atoms with Crippen molar-refractivity contribution in [3.63, 3.8) is 0 Å². The minimum absolute atomic E-state index is 0.657. The van der Waals surface area contributed by atoms with Gasteiger partial charge in [0.2, 0.25) is 5.69 Å². The second-order valence-electron chi connectivity index (χ2n) is 11.4. The van der Waals surface area contributed by atoms with Crippen molar-refractivity contribution in [3.8, 4) is 39.5 Å². The number of pyridine rings is 4. The van der Waals surface area contributed by atoms with E-state index < -0.39 is 0 Å². The maximum absolute atomic E-state index is 8.02. The number of hydrogen-bond acceptors (Lipinski definition) is 4. The van der Waals surface area contributed by atoms with Crippen molar-refractivity contribution >= 4 is 49.2 Å². The summed E-state index contributed by atoms with van der Waals surface area (Å²) in [7, 11) is 0. The van der Waals surface area contributed by atoms with Crippen molar-refractivity contribution < 1.29 is 0 Å². The van der Waals surface area contributed by atoms with Gasteiger partial charge in [-0.1, -0.05) is 66.7 Å². The molecule has 6 heteroatoms. The fourth-order valence-corrected chi connectivity index (χ4v) is 6.71. The van der Waals surface area contributed by atoms with Crippen LogP contribution in [0.4, 0.5) is 5.69 Å². The highest BCUT2D eigenvalue weighted by molar-refractivity contribution is 6.20. The third-order valence-electron chi connectivity index (χ3n) is 8.82. The fraction of sp³-hybridized carbons (Fsp3) is 0. The minimum Gasteiger partial charge on any atom is -0.278 e. The summed E-state index contributed by atoms with van der Waals surface area (Å²) in [6, 6.07) is 41.0. The van der Waals surface area contributed by atoms with Crippen LogP contribution in [0.1, 0.15) is 0 Å². The van der Waals surface area contributed by atoms with Crippen LogP contribution < -0.4 is 0 Å². The second-order valence-corrected chi connectivity index (χ2v) is 11.4. The fourth-order valence-electron chi connectivity index (χ4n) is 6.71. The molecule has 0 aliphatic rings. The normalized spacial score (nSPS) is 11.4. The molecule has 0 N–H and O–H groups in total. The number of para-hydroxylation sites is 1. The third-order valence-corrected chi connectivity index (χ3v) is 8.82. The van der Waals surface area contributed by atoms with E-state index in [4.69, 9.17) is 21.5 Å². The number of hydrogen-bond donors (Lipinski definition) is 0. The van der Waals surface area contributed by atoms with Crippen molar-refractivity contribution in [3.05, 3.63) is 158 Å². The van der Waals surface area contributed by atoms with Gasteiger partial charge in [-0.25, -0.2) is 19.8 Å². The average Bonchev–Trinajstić information content (AvgIpc) is 3.48. The molecule has 0 amide bonds. The number of rotatable bonds is 4. The van der Waals surface area contributed by atoms with Crippen LogP contribution in [0.3, 0.4) is 0 Å². The first kappa shape index (κ1) is 26.7. The second kappa shape index (κ2) is 10.7. The lowest BCUT2D eigenvalue weighted by atomic mass is 9.91. The van der Waals surface area contributed by atoms with Crippen molar-refractivity contribution in [1.82, 2.24) is 24.5 Å². The molecular weight excluding hydrogens is 576 g/mol. The van der Waals surface area contributed by atoms with Crippen LogP contribution in [-0.2, 0) is 0 Å². The molecular formula is C41H24N6. The van der Waals surface area contributed by atoms with E-state index in [1.165, 1.54) is 0 Å². The summed E-state index contributed by atoms with van der Waals surface area (Å²) in [5.41, 5.74) is 8.18. The highest BCUT2D eigenvalue weighted by Crippen LogP contribution is 2.44. The van der Waals surface area contributed by atoms with E-state index in [0.29, 0.717) is 5.69 Å². The Labute approximate surface area is 270 Å². The molecule has 0 aliphatic heterocycles. The van der Waals surface area contributed by atoms with Gasteiger partial charge in [0, 0.05) is 52.3 Å². The van der Waals surface area contributed by atoms with Crippen LogP contribution in [0, 0.1) is 6.57 Å². The number of benzene rings is 4. The summed E-state index contributed by atoms with van der Waals surface area (Å²) in [5, 5.41) is 6.06. The van der Waals surface area contributed by atoms with Crippen molar-refractivity contribution in [1.29, 1.82) is 0 Å². The van der Waals surface area contributed by atoms with Gasteiger partial charge in [-0.15, -0.1) is 0 Å². The van der Waals surface area contributed by atoms with E-state index in [0.717, 1.165) is 82.9 Å². The summed E-state index contributed by atoms with van der Waals surface area (Å²) in [6.45, 7) is 8.02.